The van der Waals surface area contributed by atoms with Gasteiger partial charge >= 0.3 is 0 Å². The van der Waals surface area contributed by atoms with Crippen molar-refractivity contribution in [3.8, 4) is 11.1 Å². The Morgan fingerprint density at radius 1 is 1.14 bits per heavy atom. The average molecular weight is 187 g/mol. The molecule has 1 heterocycles. The highest BCUT2D eigenvalue weighted by Gasteiger charge is 2.05. The maximum Gasteiger partial charge on any atom is 0.125 e. The van der Waals surface area contributed by atoms with Crippen molar-refractivity contribution in [3.63, 3.8) is 0 Å². The second kappa shape index (κ2) is 3.68. The Bertz CT molecular complexity index is 414. The van der Waals surface area contributed by atoms with Gasteiger partial charge in [-0.2, -0.15) is 0 Å². The highest BCUT2D eigenvalue weighted by atomic mass is 16.3. The smallest absolute Gasteiger partial charge is 0.125 e. The predicted molar refractivity (Wildman–Crippen MR) is 56.8 cm³/mol. The van der Waals surface area contributed by atoms with E-state index in [1.54, 1.807) is 6.26 Å². The summed E-state index contributed by atoms with van der Waals surface area (Å²) < 4.78 is 5.27. The molecule has 0 aliphatic heterocycles. The standard InChI is InChI=1S/C12H13NO/c1-9-2-4-10(5-3-9)11-6-7-14-12(11)8-13/h2-7H,8,13H2,1H3. The molecule has 14 heavy (non-hydrogen) atoms. The molecule has 1 aromatic carbocycles. The Balaban J connectivity index is 2.44. The number of nitrogens with two attached hydrogens (primary N) is 1. The Hall–Kier alpha value is -1.54. The number of benzene rings is 1. The van der Waals surface area contributed by atoms with Gasteiger partial charge in [0, 0.05) is 5.56 Å². The van der Waals surface area contributed by atoms with E-state index in [1.165, 1.54) is 5.56 Å². The SMILES string of the molecule is Cc1ccc(-c2ccoc2CN)cc1. The van der Waals surface area contributed by atoms with Crippen LogP contribution in [-0.2, 0) is 6.54 Å². The van der Waals surface area contributed by atoms with Gasteiger partial charge in [0.05, 0.1) is 12.8 Å². The van der Waals surface area contributed by atoms with E-state index in [1.807, 2.05) is 6.07 Å². The molecule has 2 N–H and O–H groups in total. The van der Waals surface area contributed by atoms with Crippen LogP contribution in [0.3, 0.4) is 0 Å². The third-order valence-electron chi connectivity index (χ3n) is 2.29. The lowest BCUT2D eigenvalue weighted by Gasteiger charge is -2.00. The molecule has 0 bridgehead atoms. The van der Waals surface area contributed by atoms with Gasteiger partial charge in [-0.15, -0.1) is 0 Å². The van der Waals surface area contributed by atoms with Crippen LogP contribution in [0, 0.1) is 6.92 Å². The Labute approximate surface area is 83.4 Å². The summed E-state index contributed by atoms with van der Waals surface area (Å²) in [7, 11) is 0. The molecule has 0 radical (unpaired) electrons. The minimum Gasteiger partial charge on any atom is -0.467 e. The predicted octanol–water partition coefficient (Wildman–Crippen LogP) is 2.71. The van der Waals surface area contributed by atoms with Crippen molar-refractivity contribution in [2.75, 3.05) is 0 Å². The minimum atomic E-state index is 0.441. The Morgan fingerprint density at radius 2 is 1.86 bits per heavy atom. The van der Waals surface area contributed by atoms with Crippen molar-refractivity contribution in [1.82, 2.24) is 0 Å². The van der Waals surface area contributed by atoms with Gasteiger partial charge in [0.2, 0.25) is 0 Å². The van der Waals surface area contributed by atoms with Crippen molar-refractivity contribution < 1.29 is 4.42 Å². The fourth-order valence-corrected chi connectivity index (χ4v) is 1.49. The van der Waals surface area contributed by atoms with Crippen molar-refractivity contribution in [1.29, 1.82) is 0 Å². The summed E-state index contributed by atoms with van der Waals surface area (Å²) in [4.78, 5) is 0. The second-order valence-electron chi connectivity index (χ2n) is 3.33. The maximum absolute atomic E-state index is 5.57. The molecule has 0 aliphatic rings. The maximum atomic E-state index is 5.57. The monoisotopic (exact) mass is 187 g/mol. The molecule has 1 aromatic heterocycles. The normalized spacial score (nSPS) is 10.4. The lowest BCUT2D eigenvalue weighted by molar-refractivity contribution is 0.513. The largest absolute Gasteiger partial charge is 0.467 e. The molecule has 0 unspecified atom stereocenters. The third kappa shape index (κ3) is 1.56. The summed E-state index contributed by atoms with van der Waals surface area (Å²) in [5, 5.41) is 0. The van der Waals surface area contributed by atoms with E-state index >= 15 is 0 Å². The zero-order valence-corrected chi connectivity index (χ0v) is 8.16. The molecule has 2 nitrogen and oxygen atoms in total. The molecule has 2 rings (SSSR count). The van der Waals surface area contributed by atoms with E-state index in [9.17, 15) is 0 Å². The molecular weight excluding hydrogens is 174 g/mol. The van der Waals surface area contributed by atoms with E-state index in [4.69, 9.17) is 10.2 Å². The van der Waals surface area contributed by atoms with Gasteiger partial charge in [0.1, 0.15) is 5.76 Å². The van der Waals surface area contributed by atoms with Crippen LogP contribution in [0.2, 0.25) is 0 Å². The number of hydrogen-bond donors (Lipinski definition) is 1. The summed E-state index contributed by atoms with van der Waals surface area (Å²) in [6.07, 6.45) is 1.68. The van der Waals surface area contributed by atoms with Crippen LogP contribution in [0.4, 0.5) is 0 Å². The van der Waals surface area contributed by atoms with Crippen LogP contribution < -0.4 is 5.73 Å². The van der Waals surface area contributed by atoms with Crippen LogP contribution >= 0.6 is 0 Å². The van der Waals surface area contributed by atoms with Gasteiger partial charge < -0.3 is 10.2 Å². The first-order chi connectivity index (χ1) is 6.81. The lowest BCUT2D eigenvalue weighted by atomic mass is 10.1. The van der Waals surface area contributed by atoms with E-state index in [0.717, 1.165) is 16.9 Å². The van der Waals surface area contributed by atoms with Crippen molar-refractivity contribution in [2.24, 2.45) is 5.73 Å². The van der Waals surface area contributed by atoms with Crippen LogP contribution in [0.25, 0.3) is 11.1 Å². The van der Waals surface area contributed by atoms with E-state index in [2.05, 4.69) is 31.2 Å². The first-order valence-electron chi connectivity index (χ1n) is 4.65. The summed E-state index contributed by atoms with van der Waals surface area (Å²) >= 11 is 0. The van der Waals surface area contributed by atoms with Gasteiger partial charge in [0.25, 0.3) is 0 Å². The fourth-order valence-electron chi connectivity index (χ4n) is 1.49. The number of hydrogen-bond acceptors (Lipinski definition) is 2. The summed E-state index contributed by atoms with van der Waals surface area (Å²) in [5.74, 6) is 0.842. The number of furan rings is 1. The van der Waals surface area contributed by atoms with Crippen molar-refractivity contribution in [2.45, 2.75) is 13.5 Å². The first-order valence-corrected chi connectivity index (χ1v) is 4.65. The highest BCUT2D eigenvalue weighted by Crippen LogP contribution is 2.24. The molecule has 0 aliphatic carbocycles. The van der Waals surface area contributed by atoms with Gasteiger partial charge in [-0.25, -0.2) is 0 Å². The Kier molecular flexibility index (Phi) is 2.37. The average Bonchev–Trinajstić information content (AvgIpc) is 2.67. The second-order valence-corrected chi connectivity index (χ2v) is 3.33. The minimum absolute atomic E-state index is 0.441. The molecule has 0 atom stereocenters. The van der Waals surface area contributed by atoms with Gasteiger partial charge in [-0.1, -0.05) is 29.8 Å². The summed E-state index contributed by atoms with van der Waals surface area (Å²) in [6.45, 7) is 2.51. The topological polar surface area (TPSA) is 39.2 Å². The molecule has 2 aromatic rings. The lowest BCUT2D eigenvalue weighted by Crippen LogP contribution is -1.95. The van der Waals surface area contributed by atoms with Crippen LogP contribution in [0.1, 0.15) is 11.3 Å². The molecule has 0 spiro atoms. The third-order valence-corrected chi connectivity index (χ3v) is 2.29. The zero-order valence-electron chi connectivity index (χ0n) is 8.16. The molecule has 0 fully saturated rings. The van der Waals surface area contributed by atoms with E-state index in [-0.39, 0.29) is 0 Å². The Morgan fingerprint density at radius 3 is 2.50 bits per heavy atom. The van der Waals surface area contributed by atoms with Crippen molar-refractivity contribution in [3.05, 3.63) is 47.9 Å². The van der Waals surface area contributed by atoms with Crippen molar-refractivity contribution >= 4 is 0 Å². The highest BCUT2D eigenvalue weighted by molar-refractivity contribution is 5.65. The molecule has 72 valence electrons. The first kappa shape index (κ1) is 9.03. The number of rotatable bonds is 2. The molecule has 0 amide bonds. The van der Waals surface area contributed by atoms with Gasteiger partial charge in [-0.3, -0.25) is 0 Å². The number of aryl methyl sites for hydroxylation is 1. The van der Waals surface area contributed by atoms with Crippen LogP contribution in [0.15, 0.2) is 41.0 Å². The molecule has 0 saturated carbocycles. The quantitative estimate of drug-likeness (QED) is 0.785. The summed E-state index contributed by atoms with van der Waals surface area (Å²) in [6, 6.07) is 10.3. The van der Waals surface area contributed by atoms with Crippen LogP contribution in [-0.4, -0.2) is 0 Å². The fraction of sp³-hybridized carbons (Fsp3) is 0.167. The molecule has 0 saturated heterocycles. The zero-order chi connectivity index (χ0) is 9.97. The molecular formula is C12H13NO. The molecule has 2 heteroatoms. The van der Waals surface area contributed by atoms with Gasteiger partial charge in [0.15, 0.2) is 0 Å². The van der Waals surface area contributed by atoms with Crippen LogP contribution in [0.5, 0.6) is 0 Å². The van der Waals surface area contributed by atoms with E-state index in [0.29, 0.717) is 6.54 Å². The summed E-state index contributed by atoms with van der Waals surface area (Å²) in [5.41, 5.74) is 9.07. The van der Waals surface area contributed by atoms with E-state index < -0.39 is 0 Å². The van der Waals surface area contributed by atoms with Gasteiger partial charge in [-0.05, 0) is 18.6 Å².